The lowest BCUT2D eigenvalue weighted by molar-refractivity contribution is -0.139. The first-order chi connectivity index (χ1) is 11.9. The Balaban J connectivity index is 0.000000181. The highest BCUT2D eigenvalue weighted by Gasteiger charge is 2.26. The SMILES string of the molecule is FC(F)(F)CCOc1ccccn1.NC(=O)c1nccc2c[nH]cc12. The predicted molar refractivity (Wildman–Crippen MR) is 85.0 cm³/mol. The molecule has 3 aromatic rings. The van der Waals surface area contributed by atoms with Crippen molar-refractivity contribution in [2.75, 3.05) is 6.61 Å². The molecule has 0 aliphatic carbocycles. The average Bonchev–Trinajstić information content (AvgIpc) is 3.03. The van der Waals surface area contributed by atoms with Crippen LogP contribution in [0.15, 0.2) is 49.1 Å². The van der Waals surface area contributed by atoms with Gasteiger partial charge in [0, 0.05) is 41.6 Å². The van der Waals surface area contributed by atoms with E-state index in [1.807, 2.05) is 6.07 Å². The van der Waals surface area contributed by atoms with Crippen LogP contribution < -0.4 is 10.5 Å². The number of nitrogens with zero attached hydrogens (tertiary/aromatic N) is 2. The molecule has 0 saturated heterocycles. The van der Waals surface area contributed by atoms with E-state index in [2.05, 4.69) is 15.0 Å². The molecule has 0 aliphatic rings. The number of halogens is 3. The van der Waals surface area contributed by atoms with Crippen molar-refractivity contribution in [2.45, 2.75) is 12.6 Å². The predicted octanol–water partition coefficient (Wildman–Crippen LogP) is 3.07. The van der Waals surface area contributed by atoms with Crippen LogP contribution in [0.4, 0.5) is 13.2 Å². The number of alkyl halides is 3. The molecule has 25 heavy (non-hydrogen) atoms. The standard InChI is InChI=1S/C8H8F3NO.C8H7N3O/c9-8(10,11)4-6-13-7-3-1-2-5-12-7;9-8(12)7-6-4-10-3-5(6)1-2-11-7/h1-3,5H,4,6H2;1-4,10H,(H2,9,12). The third-order valence-corrected chi connectivity index (χ3v) is 3.00. The van der Waals surface area contributed by atoms with Crippen molar-refractivity contribution in [3.63, 3.8) is 0 Å². The van der Waals surface area contributed by atoms with E-state index in [1.165, 1.54) is 12.3 Å². The first-order valence-corrected chi connectivity index (χ1v) is 7.19. The minimum atomic E-state index is -4.17. The zero-order valence-electron chi connectivity index (χ0n) is 13.0. The Morgan fingerprint density at radius 3 is 2.60 bits per heavy atom. The van der Waals surface area contributed by atoms with Crippen LogP contribution in [0.2, 0.25) is 0 Å². The number of aromatic nitrogens is 3. The van der Waals surface area contributed by atoms with Gasteiger partial charge in [0.15, 0.2) is 0 Å². The summed E-state index contributed by atoms with van der Waals surface area (Å²) in [6.07, 6.45) is 1.41. The first kappa shape index (κ1) is 18.2. The van der Waals surface area contributed by atoms with Crippen LogP contribution in [-0.4, -0.2) is 33.6 Å². The largest absolute Gasteiger partial charge is 0.477 e. The summed E-state index contributed by atoms with van der Waals surface area (Å²) in [6, 6.07) is 6.64. The molecule has 9 heteroatoms. The van der Waals surface area contributed by atoms with Gasteiger partial charge < -0.3 is 15.5 Å². The van der Waals surface area contributed by atoms with E-state index >= 15 is 0 Å². The second kappa shape index (κ2) is 8.13. The molecule has 0 radical (unpaired) electrons. The van der Waals surface area contributed by atoms with E-state index in [1.54, 1.807) is 30.7 Å². The number of primary amides is 1. The summed E-state index contributed by atoms with van der Waals surface area (Å²) in [5.41, 5.74) is 5.44. The maximum atomic E-state index is 11.7. The van der Waals surface area contributed by atoms with E-state index in [0.29, 0.717) is 5.69 Å². The molecule has 0 saturated carbocycles. The van der Waals surface area contributed by atoms with Crippen molar-refractivity contribution >= 4 is 16.7 Å². The monoisotopic (exact) mass is 352 g/mol. The Hall–Kier alpha value is -3.10. The van der Waals surface area contributed by atoms with Crippen LogP contribution in [0.5, 0.6) is 5.88 Å². The van der Waals surface area contributed by atoms with Gasteiger partial charge in [-0.25, -0.2) is 4.98 Å². The molecule has 0 fully saturated rings. The molecule has 1 amide bonds. The summed E-state index contributed by atoms with van der Waals surface area (Å²) >= 11 is 0. The van der Waals surface area contributed by atoms with Gasteiger partial charge in [0.05, 0.1) is 13.0 Å². The van der Waals surface area contributed by atoms with Gasteiger partial charge in [-0.2, -0.15) is 13.2 Å². The number of nitrogens with one attached hydrogen (secondary N) is 1. The molecule has 3 aromatic heterocycles. The van der Waals surface area contributed by atoms with Gasteiger partial charge in [-0.15, -0.1) is 0 Å². The molecule has 0 unspecified atom stereocenters. The lowest BCUT2D eigenvalue weighted by atomic mass is 10.2. The molecule has 0 atom stereocenters. The highest BCUT2D eigenvalue weighted by atomic mass is 19.4. The third kappa shape index (κ3) is 5.79. The lowest BCUT2D eigenvalue weighted by Gasteiger charge is -2.06. The van der Waals surface area contributed by atoms with Gasteiger partial charge in [0.25, 0.3) is 5.91 Å². The number of hydrogen-bond acceptors (Lipinski definition) is 4. The maximum Gasteiger partial charge on any atom is 0.392 e. The van der Waals surface area contributed by atoms with Crippen LogP contribution in [0, 0.1) is 0 Å². The van der Waals surface area contributed by atoms with Gasteiger partial charge >= 0.3 is 6.18 Å². The number of ether oxygens (including phenoxy) is 1. The molecule has 0 aromatic carbocycles. The molecule has 6 nitrogen and oxygen atoms in total. The number of hydrogen-bond donors (Lipinski definition) is 2. The summed E-state index contributed by atoms with van der Waals surface area (Å²) in [6.45, 7) is -0.388. The van der Waals surface area contributed by atoms with Crippen molar-refractivity contribution in [3.05, 3.63) is 54.7 Å². The number of H-pyrrole nitrogens is 1. The summed E-state index contributed by atoms with van der Waals surface area (Å²) in [5, 5.41) is 1.71. The fourth-order valence-corrected chi connectivity index (χ4v) is 1.88. The van der Waals surface area contributed by atoms with Crippen LogP contribution in [-0.2, 0) is 0 Å². The second-order valence-electron chi connectivity index (χ2n) is 4.86. The highest BCUT2D eigenvalue weighted by Crippen LogP contribution is 2.19. The number of rotatable bonds is 4. The van der Waals surface area contributed by atoms with Crippen molar-refractivity contribution in [1.29, 1.82) is 0 Å². The van der Waals surface area contributed by atoms with Crippen LogP contribution in [0.1, 0.15) is 16.9 Å². The van der Waals surface area contributed by atoms with Gasteiger partial charge in [0.2, 0.25) is 5.88 Å². The van der Waals surface area contributed by atoms with Crippen LogP contribution in [0.25, 0.3) is 10.8 Å². The highest BCUT2D eigenvalue weighted by molar-refractivity contribution is 6.04. The molecule has 3 heterocycles. The third-order valence-electron chi connectivity index (χ3n) is 3.00. The summed E-state index contributed by atoms with van der Waals surface area (Å²) < 4.78 is 39.7. The van der Waals surface area contributed by atoms with Gasteiger partial charge in [0.1, 0.15) is 5.69 Å². The molecule has 132 valence electrons. The zero-order chi connectivity index (χ0) is 18.3. The van der Waals surface area contributed by atoms with Crippen molar-refractivity contribution in [2.24, 2.45) is 5.73 Å². The number of pyridine rings is 2. The molecular formula is C16H15F3N4O2. The second-order valence-corrected chi connectivity index (χ2v) is 4.86. The van der Waals surface area contributed by atoms with Gasteiger partial charge in [-0.1, -0.05) is 6.07 Å². The number of fused-ring (bicyclic) bond motifs is 1. The Labute approximate surface area is 140 Å². The minimum Gasteiger partial charge on any atom is -0.477 e. The topological polar surface area (TPSA) is 93.9 Å². The molecule has 0 aliphatic heterocycles. The van der Waals surface area contributed by atoms with Crippen molar-refractivity contribution in [1.82, 2.24) is 15.0 Å². The average molecular weight is 352 g/mol. The molecule has 3 N–H and O–H groups in total. The number of nitrogens with two attached hydrogens (primary N) is 1. The fraction of sp³-hybridized carbons (Fsp3) is 0.188. The fourth-order valence-electron chi connectivity index (χ4n) is 1.88. The Kier molecular flexibility index (Phi) is 5.93. The Bertz CT molecular complexity index is 819. The molecule has 0 bridgehead atoms. The van der Waals surface area contributed by atoms with E-state index < -0.39 is 18.5 Å². The van der Waals surface area contributed by atoms with E-state index in [4.69, 9.17) is 10.5 Å². The summed E-state index contributed by atoms with van der Waals surface area (Å²) in [4.78, 5) is 21.3. The quantitative estimate of drug-likeness (QED) is 0.754. The lowest BCUT2D eigenvalue weighted by Crippen LogP contribution is -2.13. The number of carbonyl (C=O) groups is 1. The number of amides is 1. The molecule has 0 spiro atoms. The number of aromatic amines is 1. The van der Waals surface area contributed by atoms with E-state index in [-0.39, 0.29) is 12.5 Å². The van der Waals surface area contributed by atoms with Crippen LogP contribution >= 0.6 is 0 Å². The zero-order valence-corrected chi connectivity index (χ0v) is 13.0. The van der Waals surface area contributed by atoms with Crippen molar-refractivity contribution < 1.29 is 22.7 Å². The smallest absolute Gasteiger partial charge is 0.392 e. The maximum absolute atomic E-state index is 11.7. The minimum absolute atomic E-state index is 0.215. The van der Waals surface area contributed by atoms with Gasteiger partial charge in [-0.3, -0.25) is 9.78 Å². The Morgan fingerprint density at radius 1 is 1.16 bits per heavy atom. The van der Waals surface area contributed by atoms with Crippen molar-refractivity contribution in [3.8, 4) is 5.88 Å². The Morgan fingerprint density at radius 2 is 1.96 bits per heavy atom. The normalized spacial score (nSPS) is 10.8. The summed E-state index contributed by atoms with van der Waals surface area (Å²) in [5.74, 6) is -0.285. The van der Waals surface area contributed by atoms with E-state index in [9.17, 15) is 18.0 Å². The van der Waals surface area contributed by atoms with Gasteiger partial charge in [-0.05, 0) is 12.1 Å². The van der Waals surface area contributed by atoms with E-state index in [0.717, 1.165) is 10.8 Å². The summed E-state index contributed by atoms with van der Waals surface area (Å²) in [7, 11) is 0. The molecule has 3 rings (SSSR count). The number of carbonyl (C=O) groups excluding carboxylic acids is 1. The molecular weight excluding hydrogens is 337 g/mol. The van der Waals surface area contributed by atoms with Crippen LogP contribution in [0.3, 0.4) is 0 Å². The first-order valence-electron chi connectivity index (χ1n) is 7.19.